The molecule has 0 saturated carbocycles. The van der Waals surface area contributed by atoms with Crippen LogP contribution in [0.25, 0.3) is 0 Å². The molecule has 0 spiro atoms. The molecule has 1 amide bonds. The van der Waals surface area contributed by atoms with Gasteiger partial charge in [0.2, 0.25) is 16.8 Å². The lowest BCUT2D eigenvalue weighted by Gasteiger charge is -2.07. The fourth-order valence-electron chi connectivity index (χ4n) is 2.39. The molecule has 148 valence electrons. The third-order valence-electron chi connectivity index (χ3n) is 3.90. The second-order valence-electron chi connectivity index (χ2n) is 5.80. The van der Waals surface area contributed by atoms with Crippen LogP contribution < -0.4 is 19.5 Å². The monoisotopic (exact) mass is 405 g/mol. The largest absolute Gasteiger partial charge is 0.454 e. The maximum absolute atomic E-state index is 11.9. The van der Waals surface area contributed by atoms with Crippen LogP contribution in [0.15, 0.2) is 52.5 Å². The summed E-state index contributed by atoms with van der Waals surface area (Å²) in [6, 6.07) is 11.1. The quantitative estimate of drug-likeness (QED) is 0.535. The van der Waals surface area contributed by atoms with Crippen LogP contribution in [0.2, 0.25) is 0 Å². The number of hydrogen-bond acceptors (Lipinski definition) is 7. The van der Waals surface area contributed by atoms with Gasteiger partial charge in [0.25, 0.3) is 5.91 Å². The number of nitrogens with zero attached hydrogens (tertiary/aromatic N) is 1. The van der Waals surface area contributed by atoms with Crippen molar-refractivity contribution in [3.63, 3.8) is 0 Å². The number of hydrogen-bond donors (Lipinski definition) is 2. The number of sulfonamides is 1. The lowest BCUT2D eigenvalue weighted by Crippen LogP contribution is -2.19. The Hall–Kier alpha value is -3.11. The minimum atomic E-state index is -3.52. The number of anilines is 1. The van der Waals surface area contributed by atoms with E-state index in [-0.39, 0.29) is 18.3 Å². The molecular weight excluding hydrogens is 386 g/mol. The van der Waals surface area contributed by atoms with E-state index in [2.05, 4.69) is 15.2 Å². The molecule has 1 heterocycles. The molecule has 0 fully saturated rings. The van der Waals surface area contributed by atoms with Gasteiger partial charge < -0.3 is 19.6 Å². The second-order valence-corrected chi connectivity index (χ2v) is 7.68. The Morgan fingerprint density at radius 1 is 1.14 bits per heavy atom. The molecule has 2 N–H and O–H groups in total. The summed E-state index contributed by atoms with van der Waals surface area (Å²) in [5, 5.41) is 6.53. The van der Waals surface area contributed by atoms with Gasteiger partial charge in [-0.2, -0.15) is 0 Å². The third kappa shape index (κ3) is 4.59. The summed E-state index contributed by atoms with van der Waals surface area (Å²) in [4.78, 5) is 17.2. The predicted molar refractivity (Wildman–Crippen MR) is 102 cm³/mol. The molecule has 0 saturated heterocycles. The average Bonchev–Trinajstić information content (AvgIpc) is 3.16. The predicted octanol–water partition coefficient (Wildman–Crippen LogP) is 1.70. The lowest BCUT2D eigenvalue weighted by atomic mass is 10.1. The smallest absolute Gasteiger partial charge is 0.265 e. The van der Waals surface area contributed by atoms with Gasteiger partial charge in [0, 0.05) is 11.3 Å². The van der Waals surface area contributed by atoms with Crippen molar-refractivity contribution in [3.05, 3.63) is 48.0 Å². The molecule has 2 aromatic rings. The SMILES string of the molecule is CNS(=O)(=O)c1ccc(NC(=O)CO/N=C(/C)c2ccc3c(c2)OCO3)cc1. The summed E-state index contributed by atoms with van der Waals surface area (Å²) < 4.78 is 36.1. The summed E-state index contributed by atoms with van der Waals surface area (Å²) in [6.45, 7) is 1.64. The number of fused-ring (bicyclic) bond motifs is 1. The van der Waals surface area contributed by atoms with Gasteiger partial charge in [-0.05, 0) is 56.4 Å². The Morgan fingerprint density at radius 3 is 2.57 bits per heavy atom. The number of nitrogens with one attached hydrogen (secondary N) is 2. The van der Waals surface area contributed by atoms with Crippen LogP contribution >= 0.6 is 0 Å². The van der Waals surface area contributed by atoms with Gasteiger partial charge in [0.15, 0.2) is 18.1 Å². The van der Waals surface area contributed by atoms with Gasteiger partial charge >= 0.3 is 0 Å². The van der Waals surface area contributed by atoms with Gasteiger partial charge in [-0.25, -0.2) is 13.1 Å². The zero-order valence-corrected chi connectivity index (χ0v) is 16.1. The molecule has 0 atom stereocenters. The maximum atomic E-state index is 11.9. The molecule has 10 heteroatoms. The van der Waals surface area contributed by atoms with Gasteiger partial charge in [0.1, 0.15) is 0 Å². The Morgan fingerprint density at radius 2 is 1.86 bits per heavy atom. The van der Waals surface area contributed by atoms with E-state index in [4.69, 9.17) is 14.3 Å². The number of benzene rings is 2. The highest BCUT2D eigenvalue weighted by atomic mass is 32.2. The first kappa shape index (κ1) is 19.6. The average molecular weight is 405 g/mol. The summed E-state index contributed by atoms with van der Waals surface area (Å²) in [5.74, 6) is 0.880. The molecule has 0 unspecified atom stereocenters. The first-order valence-corrected chi connectivity index (χ1v) is 9.77. The van der Waals surface area contributed by atoms with E-state index in [9.17, 15) is 13.2 Å². The Labute approximate surface area is 162 Å². The molecule has 9 nitrogen and oxygen atoms in total. The number of oxime groups is 1. The molecule has 0 bridgehead atoms. The van der Waals surface area contributed by atoms with Gasteiger partial charge in [0.05, 0.1) is 10.6 Å². The molecule has 0 radical (unpaired) electrons. The van der Waals surface area contributed by atoms with E-state index in [1.54, 1.807) is 19.1 Å². The number of carbonyl (C=O) groups is 1. The molecular formula is C18H19N3O6S. The molecule has 2 aromatic carbocycles. The Balaban J connectivity index is 1.53. The van der Waals surface area contributed by atoms with Crippen LogP contribution in [0, 0.1) is 0 Å². The number of ether oxygens (including phenoxy) is 2. The topological polar surface area (TPSA) is 115 Å². The fourth-order valence-corrected chi connectivity index (χ4v) is 3.12. The summed E-state index contributed by atoms with van der Waals surface area (Å²) >= 11 is 0. The Kier molecular flexibility index (Phi) is 5.81. The van der Waals surface area contributed by atoms with E-state index < -0.39 is 15.9 Å². The zero-order valence-electron chi connectivity index (χ0n) is 15.3. The minimum absolute atomic E-state index is 0.105. The number of rotatable bonds is 7. The summed E-state index contributed by atoms with van der Waals surface area (Å²) in [7, 11) is -2.19. The van der Waals surface area contributed by atoms with Gasteiger partial charge in [-0.3, -0.25) is 4.79 Å². The standard InChI is InChI=1S/C18H19N3O6S/c1-12(13-3-8-16-17(9-13)26-11-25-16)21-27-10-18(22)20-14-4-6-15(7-5-14)28(23,24)19-2/h3-9,19H,10-11H2,1-2H3,(H,20,22)/b21-12-. The van der Waals surface area contributed by atoms with Crippen LogP contribution in [0.1, 0.15) is 12.5 Å². The highest BCUT2D eigenvalue weighted by molar-refractivity contribution is 7.89. The van der Waals surface area contributed by atoms with Crippen molar-refractivity contribution < 1.29 is 27.5 Å². The number of amides is 1. The molecule has 1 aliphatic heterocycles. The van der Waals surface area contributed by atoms with Crippen LogP contribution in [0.3, 0.4) is 0 Å². The Bertz CT molecular complexity index is 1000. The molecule has 0 aromatic heterocycles. The van der Waals surface area contributed by atoms with Crippen LogP contribution in [0.4, 0.5) is 5.69 Å². The molecule has 0 aliphatic carbocycles. The van der Waals surface area contributed by atoms with Crippen molar-refractivity contribution in [2.75, 3.05) is 25.8 Å². The van der Waals surface area contributed by atoms with E-state index in [0.29, 0.717) is 22.9 Å². The molecule has 28 heavy (non-hydrogen) atoms. The molecule has 1 aliphatic rings. The van der Waals surface area contributed by atoms with Crippen LogP contribution in [-0.4, -0.2) is 40.5 Å². The lowest BCUT2D eigenvalue weighted by molar-refractivity contribution is -0.120. The van der Waals surface area contributed by atoms with E-state index >= 15 is 0 Å². The van der Waals surface area contributed by atoms with Crippen molar-refractivity contribution in [1.82, 2.24) is 4.72 Å². The van der Waals surface area contributed by atoms with Crippen molar-refractivity contribution in [3.8, 4) is 11.5 Å². The number of carbonyl (C=O) groups excluding carboxylic acids is 1. The summed E-state index contributed by atoms with van der Waals surface area (Å²) in [6.07, 6.45) is 0. The molecule has 3 rings (SSSR count). The van der Waals surface area contributed by atoms with Crippen molar-refractivity contribution in [2.24, 2.45) is 5.16 Å². The second kappa shape index (κ2) is 8.28. The zero-order chi connectivity index (χ0) is 20.1. The first-order valence-electron chi connectivity index (χ1n) is 8.29. The highest BCUT2D eigenvalue weighted by Gasteiger charge is 2.14. The van der Waals surface area contributed by atoms with Gasteiger partial charge in [-0.15, -0.1) is 0 Å². The van der Waals surface area contributed by atoms with Crippen molar-refractivity contribution in [1.29, 1.82) is 0 Å². The van der Waals surface area contributed by atoms with E-state index in [1.807, 2.05) is 6.07 Å². The van der Waals surface area contributed by atoms with Crippen molar-refractivity contribution >= 4 is 27.3 Å². The maximum Gasteiger partial charge on any atom is 0.265 e. The van der Waals surface area contributed by atoms with Crippen LogP contribution in [-0.2, 0) is 19.7 Å². The highest BCUT2D eigenvalue weighted by Crippen LogP contribution is 2.32. The normalized spacial score (nSPS) is 13.3. The minimum Gasteiger partial charge on any atom is -0.454 e. The van der Waals surface area contributed by atoms with Crippen molar-refractivity contribution in [2.45, 2.75) is 11.8 Å². The van der Waals surface area contributed by atoms with E-state index in [0.717, 1.165) is 5.56 Å². The van der Waals surface area contributed by atoms with Gasteiger partial charge in [-0.1, -0.05) is 5.16 Å². The van der Waals surface area contributed by atoms with E-state index in [1.165, 1.54) is 31.3 Å². The fraction of sp³-hybridized carbons (Fsp3) is 0.222. The first-order chi connectivity index (χ1) is 13.4. The van der Waals surface area contributed by atoms with Crippen LogP contribution in [0.5, 0.6) is 11.5 Å². The summed E-state index contributed by atoms with van der Waals surface area (Å²) in [5.41, 5.74) is 1.80. The third-order valence-corrected chi connectivity index (χ3v) is 5.33.